The van der Waals surface area contributed by atoms with Crippen molar-refractivity contribution < 1.29 is 9.59 Å². The third-order valence-corrected chi connectivity index (χ3v) is 4.05. The van der Waals surface area contributed by atoms with Crippen LogP contribution in [0.1, 0.15) is 51.9 Å². The van der Waals surface area contributed by atoms with Gasteiger partial charge in [0, 0.05) is 32.5 Å². The third-order valence-electron chi connectivity index (χ3n) is 4.05. The van der Waals surface area contributed by atoms with Crippen molar-refractivity contribution in [3.8, 4) is 0 Å². The van der Waals surface area contributed by atoms with E-state index in [1.165, 1.54) is 0 Å². The number of carbonyl (C=O) groups is 2. The van der Waals surface area contributed by atoms with Gasteiger partial charge in [-0.05, 0) is 38.1 Å². The van der Waals surface area contributed by atoms with E-state index < -0.39 is 0 Å². The molecule has 1 aliphatic heterocycles. The third kappa shape index (κ3) is 6.37. The maximum atomic E-state index is 11.8. The SMILES string of the molecule is CCC(CCN)CCC(=O)NCCC(=O)N1CCCC1. The summed E-state index contributed by atoms with van der Waals surface area (Å²) < 4.78 is 0. The van der Waals surface area contributed by atoms with Gasteiger partial charge in [0.05, 0.1) is 0 Å². The topological polar surface area (TPSA) is 75.4 Å². The Kier molecular flexibility index (Phi) is 8.26. The van der Waals surface area contributed by atoms with Crippen LogP contribution in [0.5, 0.6) is 0 Å². The molecule has 0 aromatic rings. The monoisotopic (exact) mass is 283 g/mol. The Morgan fingerprint density at radius 1 is 1.20 bits per heavy atom. The van der Waals surface area contributed by atoms with Gasteiger partial charge in [-0.15, -0.1) is 0 Å². The predicted molar refractivity (Wildman–Crippen MR) is 80.1 cm³/mol. The fourth-order valence-corrected chi connectivity index (χ4v) is 2.65. The first-order chi connectivity index (χ1) is 9.67. The second kappa shape index (κ2) is 9.75. The molecule has 1 saturated heterocycles. The van der Waals surface area contributed by atoms with E-state index in [1.807, 2.05) is 4.90 Å². The molecule has 116 valence electrons. The molecule has 0 radical (unpaired) electrons. The number of nitrogens with zero attached hydrogens (tertiary/aromatic N) is 1. The largest absolute Gasteiger partial charge is 0.356 e. The number of carbonyl (C=O) groups excluding carboxylic acids is 2. The summed E-state index contributed by atoms with van der Waals surface area (Å²) in [6.45, 7) is 5.04. The van der Waals surface area contributed by atoms with Crippen LogP contribution in [0.4, 0.5) is 0 Å². The Morgan fingerprint density at radius 3 is 2.50 bits per heavy atom. The number of rotatable bonds is 9. The molecule has 20 heavy (non-hydrogen) atoms. The van der Waals surface area contributed by atoms with Crippen molar-refractivity contribution in [1.29, 1.82) is 0 Å². The molecule has 0 saturated carbocycles. The molecule has 1 fully saturated rings. The lowest BCUT2D eigenvalue weighted by Crippen LogP contribution is -2.32. The molecular weight excluding hydrogens is 254 g/mol. The second-order valence-electron chi connectivity index (χ2n) is 5.58. The second-order valence-corrected chi connectivity index (χ2v) is 5.58. The fraction of sp³-hybridized carbons (Fsp3) is 0.867. The Bertz CT molecular complexity index is 301. The highest BCUT2D eigenvalue weighted by Crippen LogP contribution is 2.14. The summed E-state index contributed by atoms with van der Waals surface area (Å²) in [4.78, 5) is 25.4. The maximum absolute atomic E-state index is 11.8. The molecule has 0 spiro atoms. The summed E-state index contributed by atoms with van der Waals surface area (Å²) in [5, 5.41) is 2.84. The zero-order valence-electron chi connectivity index (χ0n) is 12.7. The fourth-order valence-electron chi connectivity index (χ4n) is 2.65. The van der Waals surface area contributed by atoms with Crippen molar-refractivity contribution in [1.82, 2.24) is 10.2 Å². The van der Waals surface area contributed by atoms with Gasteiger partial charge in [-0.1, -0.05) is 13.3 Å². The van der Waals surface area contributed by atoms with Gasteiger partial charge in [0.1, 0.15) is 0 Å². The molecule has 5 heteroatoms. The Hall–Kier alpha value is -1.10. The van der Waals surface area contributed by atoms with Gasteiger partial charge in [-0.25, -0.2) is 0 Å². The van der Waals surface area contributed by atoms with Crippen LogP contribution in [-0.4, -0.2) is 42.9 Å². The highest BCUT2D eigenvalue weighted by atomic mass is 16.2. The van der Waals surface area contributed by atoms with Crippen LogP contribution in [0.25, 0.3) is 0 Å². The summed E-state index contributed by atoms with van der Waals surface area (Å²) in [7, 11) is 0. The standard InChI is InChI=1S/C15H29N3O2/c1-2-13(7-9-16)5-6-14(19)17-10-8-15(20)18-11-3-4-12-18/h13H,2-12,16H2,1H3,(H,17,19). The molecule has 1 rings (SSSR count). The van der Waals surface area contributed by atoms with Crippen molar-refractivity contribution in [2.24, 2.45) is 11.7 Å². The molecule has 0 aromatic carbocycles. The Morgan fingerprint density at radius 2 is 1.90 bits per heavy atom. The molecule has 1 unspecified atom stereocenters. The molecule has 2 amide bonds. The van der Waals surface area contributed by atoms with Crippen LogP contribution in [0.2, 0.25) is 0 Å². The first-order valence-corrected chi connectivity index (χ1v) is 7.92. The highest BCUT2D eigenvalue weighted by Gasteiger charge is 2.17. The van der Waals surface area contributed by atoms with Crippen LogP contribution in [0, 0.1) is 5.92 Å². The zero-order chi connectivity index (χ0) is 14.8. The Labute approximate surface area is 122 Å². The van der Waals surface area contributed by atoms with E-state index in [4.69, 9.17) is 5.73 Å². The molecule has 1 aliphatic rings. The number of amides is 2. The van der Waals surface area contributed by atoms with E-state index >= 15 is 0 Å². The average molecular weight is 283 g/mol. The van der Waals surface area contributed by atoms with E-state index in [-0.39, 0.29) is 11.8 Å². The number of nitrogens with one attached hydrogen (secondary N) is 1. The lowest BCUT2D eigenvalue weighted by atomic mass is 9.96. The van der Waals surface area contributed by atoms with Crippen molar-refractivity contribution in [3.63, 3.8) is 0 Å². The molecular formula is C15H29N3O2. The lowest BCUT2D eigenvalue weighted by Gasteiger charge is -2.16. The van der Waals surface area contributed by atoms with Gasteiger partial charge in [0.25, 0.3) is 0 Å². The van der Waals surface area contributed by atoms with Crippen LogP contribution >= 0.6 is 0 Å². The quantitative estimate of drug-likeness (QED) is 0.669. The normalized spacial score (nSPS) is 16.2. The number of hydrogen-bond donors (Lipinski definition) is 2. The van der Waals surface area contributed by atoms with Crippen LogP contribution < -0.4 is 11.1 Å². The van der Waals surface area contributed by atoms with Gasteiger partial charge >= 0.3 is 0 Å². The summed E-state index contributed by atoms with van der Waals surface area (Å²) in [6.07, 6.45) is 6.12. The predicted octanol–water partition coefficient (Wildman–Crippen LogP) is 1.27. The van der Waals surface area contributed by atoms with Crippen molar-refractivity contribution in [3.05, 3.63) is 0 Å². The minimum Gasteiger partial charge on any atom is -0.356 e. The average Bonchev–Trinajstić information content (AvgIpc) is 2.97. The summed E-state index contributed by atoms with van der Waals surface area (Å²) in [6, 6.07) is 0. The van der Waals surface area contributed by atoms with Gasteiger partial charge < -0.3 is 16.0 Å². The maximum Gasteiger partial charge on any atom is 0.224 e. The molecule has 1 heterocycles. The van der Waals surface area contributed by atoms with E-state index in [2.05, 4.69) is 12.2 Å². The number of hydrogen-bond acceptors (Lipinski definition) is 3. The smallest absolute Gasteiger partial charge is 0.224 e. The van der Waals surface area contributed by atoms with E-state index in [0.717, 1.165) is 45.2 Å². The van der Waals surface area contributed by atoms with Crippen molar-refractivity contribution in [2.75, 3.05) is 26.2 Å². The molecule has 0 aliphatic carbocycles. The van der Waals surface area contributed by atoms with E-state index in [1.54, 1.807) is 0 Å². The first kappa shape index (κ1) is 17.0. The van der Waals surface area contributed by atoms with Gasteiger partial charge in [-0.2, -0.15) is 0 Å². The Balaban J connectivity index is 2.08. The lowest BCUT2D eigenvalue weighted by molar-refractivity contribution is -0.130. The van der Waals surface area contributed by atoms with E-state index in [9.17, 15) is 9.59 Å². The summed E-state index contributed by atoms with van der Waals surface area (Å²) in [5.41, 5.74) is 5.54. The zero-order valence-corrected chi connectivity index (χ0v) is 12.7. The minimum atomic E-state index is 0.0506. The highest BCUT2D eigenvalue weighted by molar-refractivity contribution is 5.79. The summed E-state index contributed by atoms with van der Waals surface area (Å²) >= 11 is 0. The molecule has 0 bridgehead atoms. The van der Waals surface area contributed by atoms with Crippen molar-refractivity contribution >= 4 is 11.8 Å². The van der Waals surface area contributed by atoms with Crippen LogP contribution in [-0.2, 0) is 9.59 Å². The minimum absolute atomic E-state index is 0.0506. The first-order valence-electron chi connectivity index (χ1n) is 7.92. The van der Waals surface area contributed by atoms with Gasteiger partial charge in [-0.3, -0.25) is 9.59 Å². The number of likely N-dealkylation sites (tertiary alicyclic amines) is 1. The molecule has 3 N–H and O–H groups in total. The van der Waals surface area contributed by atoms with Gasteiger partial charge in [0.15, 0.2) is 0 Å². The number of nitrogens with two attached hydrogens (primary N) is 1. The van der Waals surface area contributed by atoms with Crippen LogP contribution in [0.3, 0.4) is 0 Å². The van der Waals surface area contributed by atoms with E-state index in [0.29, 0.717) is 31.8 Å². The molecule has 5 nitrogen and oxygen atoms in total. The molecule has 0 aromatic heterocycles. The summed E-state index contributed by atoms with van der Waals surface area (Å²) in [5.74, 6) is 0.754. The molecule has 1 atom stereocenters. The van der Waals surface area contributed by atoms with Gasteiger partial charge in [0.2, 0.25) is 11.8 Å². The van der Waals surface area contributed by atoms with Crippen molar-refractivity contribution in [2.45, 2.75) is 51.9 Å². The van der Waals surface area contributed by atoms with Crippen LogP contribution in [0.15, 0.2) is 0 Å².